The van der Waals surface area contributed by atoms with Crippen LogP contribution in [0.5, 0.6) is 0 Å². The number of hydrogen-bond acceptors (Lipinski definition) is 5. The third kappa shape index (κ3) is 11.9. The van der Waals surface area contributed by atoms with Crippen molar-refractivity contribution >= 4 is 17.8 Å². The van der Waals surface area contributed by atoms with Crippen LogP contribution >= 0.6 is 0 Å². The largest absolute Gasteiger partial charge is 0.481 e. The summed E-state index contributed by atoms with van der Waals surface area (Å²) in [6.45, 7) is 14.3. The molecule has 8 heteroatoms. The second-order valence-corrected chi connectivity index (χ2v) is 14.1. The number of carbonyl (C=O) groups excluding carboxylic acids is 2. The highest BCUT2D eigenvalue weighted by Gasteiger charge is 2.46. The molecule has 1 saturated heterocycles. The molecule has 0 radical (unpaired) electrons. The molecule has 8 nitrogen and oxygen atoms in total. The van der Waals surface area contributed by atoms with E-state index in [0.29, 0.717) is 25.4 Å². The van der Waals surface area contributed by atoms with Gasteiger partial charge < -0.3 is 25.2 Å². The highest BCUT2D eigenvalue weighted by Crippen LogP contribution is 2.35. The van der Waals surface area contributed by atoms with Crippen molar-refractivity contribution in [1.82, 2.24) is 10.6 Å². The first-order valence-corrected chi connectivity index (χ1v) is 16.4. The summed E-state index contributed by atoms with van der Waals surface area (Å²) in [5.41, 5.74) is -0.517. The Bertz CT molecular complexity index is 819. The molecule has 0 spiro atoms. The van der Waals surface area contributed by atoms with Gasteiger partial charge in [-0.2, -0.15) is 0 Å². The molecule has 2 amide bonds. The average Bonchev–Trinajstić information content (AvgIpc) is 2.89. The lowest BCUT2D eigenvalue weighted by Gasteiger charge is -2.44. The van der Waals surface area contributed by atoms with Gasteiger partial charge in [-0.3, -0.25) is 14.4 Å². The van der Waals surface area contributed by atoms with Gasteiger partial charge in [0.15, 0.2) is 5.79 Å². The number of nitrogens with one attached hydrogen (secondary N) is 2. The van der Waals surface area contributed by atoms with Crippen molar-refractivity contribution in [2.75, 3.05) is 13.2 Å². The summed E-state index contributed by atoms with van der Waals surface area (Å²) in [5, 5.41) is 16.1. The molecule has 2 rings (SSSR count). The molecule has 3 atom stereocenters. The van der Waals surface area contributed by atoms with E-state index in [9.17, 15) is 19.5 Å². The molecule has 1 aliphatic carbocycles. The highest BCUT2D eigenvalue weighted by atomic mass is 16.7. The molecule has 2 fully saturated rings. The summed E-state index contributed by atoms with van der Waals surface area (Å²) >= 11 is 0. The highest BCUT2D eigenvalue weighted by molar-refractivity contribution is 5.82. The number of aliphatic carboxylic acids is 1. The summed E-state index contributed by atoms with van der Waals surface area (Å²) in [7, 11) is 0. The van der Waals surface area contributed by atoms with Crippen molar-refractivity contribution in [2.24, 2.45) is 29.1 Å². The Hall–Kier alpha value is -1.67. The Morgan fingerprint density at radius 3 is 2.05 bits per heavy atom. The minimum absolute atomic E-state index is 0.0245. The summed E-state index contributed by atoms with van der Waals surface area (Å²) in [4.78, 5) is 38.4. The molecule has 41 heavy (non-hydrogen) atoms. The van der Waals surface area contributed by atoms with E-state index >= 15 is 0 Å². The summed E-state index contributed by atoms with van der Waals surface area (Å²) < 4.78 is 11.6. The third-order valence-electron chi connectivity index (χ3n) is 9.15. The Labute approximate surface area is 249 Å². The average molecular weight is 581 g/mol. The standard InChI is InChI=1S/C33H60N2O6/c1-8-9-10-11-12-13-14-15-16-26(23(2)3)29(36)35-25-19-17-24(18-20-25)27(31(38)39)21-34-30(37)28-32(4,5)22-40-33(6,7)41-28/h23-28H,8-22H2,1-7H3,(H,34,37)(H,35,36)(H,38,39). The van der Waals surface area contributed by atoms with Gasteiger partial charge in [0.2, 0.25) is 11.8 Å². The molecule has 1 aliphatic heterocycles. The number of carboxylic acids is 1. The normalized spacial score (nSPS) is 25.3. The van der Waals surface area contributed by atoms with Crippen molar-refractivity contribution in [3.63, 3.8) is 0 Å². The number of hydrogen-bond donors (Lipinski definition) is 3. The van der Waals surface area contributed by atoms with Gasteiger partial charge in [-0.25, -0.2) is 0 Å². The predicted molar refractivity (Wildman–Crippen MR) is 162 cm³/mol. The maximum absolute atomic E-state index is 13.2. The molecule has 3 N–H and O–H groups in total. The topological polar surface area (TPSA) is 114 Å². The molecule has 0 aromatic heterocycles. The van der Waals surface area contributed by atoms with E-state index in [1.54, 1.807) is 13.8 Å². The van der Waals surface area contributed by atoms with Crippen LogP contribution in [0.3, 0.4) is 0 Å². The lowest BCUT2D eigenvalue weighted by molar-refractivity contribution is -0.304. The fourth-order valence-corrected chi connectivity index (χ4v) is 6.32. The van der Waals surface area contributed by atoms with Crippen molar-refractivity contribution in [3.8, 4) is 0 Å². The fraction of sp³-hybridized carbons (Fsp3) is 0.909. The van der Waals surface area contributed by atoms with Crippen LogP contribution in [-0.4, -0.2) is 54.0 Å². The van der Waals surface area contributed by atoms with Gasteiger partial charge in [0.25, 0.3) is 0 Å². The Morgan fingerprint density at radius 1 is 0.902 bits per heavy atom. The van der Waals surface area contributed by atoms with Crippen LogP contribution in [-0.2, 0) is 23.9 Å². The minimum atomic E-state index is -0.893. The van der Waals surface area contributed by atoms with Gasteiger partial charge in [0, 0.05) is 23.9 Å². The van der Waals surface area contributed by atoms with Crippen LogP contribution in [0, 0.1) is 29.1 Å². The van der Waals surface area contributed by atoms with Gasteiger partial charge in [-0.1, -0.05) is 86.0 Å². The number of carboxylic acid groups (broad SMARTS) is 1. The van der Waals surface area contributed by atoms with Gasteiger partial charge in [0.1, 0.15) is 6.10 Å². The predicted octanol–water partition coefficient (Wildman–Crippen LogP) is 6.46. The van der Waals surface area contributed by atoms with E-state index in [1.807, 2.05) is 13.8 Å². The SMILES string of the molecule is CCCCCCCCCCC(C(=O)NC1CCC(C(CNC(=O)C2OC(C)(C)OCC2(C)C)C(=O)O)CC1)C(C)C. The number of rotatable bonds is 17. The van der Waals surface area contributed by atoms with Gasteiger partial charge in [0.05, 0.1) is 12.5 Å². The molecule has 2 aliphatic rings. The van der Waals surface area contributed by atoms with Crippen LogP contribution in [0.4, 0.5) is 0 Å². The first kappa shape index (κ1) is 35.5. The van der Waals surface area contributed by atoms with Crippen molar-refractivity contribution in [3.05, 3.63) is 0 Å². The molecule has 0 bridgehead atoms. The second kappa shape index (κ2) is 16.8. The van der Waals surface area contributed by atoms with E-state index < -0.39 is 29.2 Å². The molecule has 0 aromatic rings. The molecular formula is C33H60N2O6. The van der Waals surface area contributed by atoms with Gasteiger partial charge in [-0.05, 0) is 57.8 Å². The third-order valence-corrected chi connectivity index (χ3v) is 9.15. The first-order valence-electron chi connectivity index (χ1n) is 16.4. The van der Waals surface area contributed by atoms with E-state index in [2.05, 4.69) is 31.4 Å². The van der Waals surface area contributed by atoms with E-state index in [4.69, 9.17) is 9.47 Å². The molecule has 1 heterocycles. The summed E-state index contributed by atoms with van der Waals surface area (Å²) in [6, 6.07) is 0.0845. The maximum atomic E-state index is 13.2. The van der Waals surface area contributed by atoms with Crippen LogP contribution in [0.1, 0.15) is 132 Å². The van der Waals surface area contributed by atoms with Crippen molar-refractivity contribution in [2.45, 2.75) is 150 Å². The quantitative estimate of drug-likeness (QED) is 0.170. The monoisotopic (exact) mass is 580 g/mol. The van der Waals surface area contributed by atoms with Crippen molar-refractivity contribution in [1.29, 1.82) is 0 Å². The first-order chi connectivity index (χ1) is 19.3. The summed E-state index contributed by atoms with van der Waals surface area (Å²) in [5.74, 6) is -2.30. The number of ether oxygens (including phenoxy) is 2. The molecule has 1 saturated carbocycles. The number of unbranched alkanes of at least 4 members (excludes halogenated alkanes) is 7. The molecule has 3 unspecified atom stereocenters. The van der Waals surface area contributed by atoms with Crippen LogP contribution in [0.25, 0.3) is 0 Å². The van der Waals surface area contributed by atoms with Crippen molar-refractivity contribution < 1.29 is 29.0 Å². The lowest BCUT2D eigenvalue weighted by Crippen LogP contribution is -2.57. The van der Waals surface area contributed by atoms with Crippen LogP contribution < -0.4 is 10.6 Å². The minimum Gasteiger partial charge on any atom is -0.481 e. The molecular weight excluding hydrogens is 520 g/mol. The van der Waals surface area contributed by atoms with Crippen LogP contribution in [0.2, 0.25) is 0 Å². The van der Waals surface area contributed by atoms with E-state index in [0.717, 1.165) is 25.7 Å². The van der Waals surface area contributed by atoms with Gasteiger partial charge in [-0.15, -0.1) is 0 Å². The molecule has 0 aromatic carbocycles. The zero-order valence-electron chi connectivity index (χ0n) is 27.1. The Morgan fingerprint density at radius 2 is 1.49 bits per heavy atom. The maximum Gasteiger partial charge on any atom is 0.308 e. The zero-order valence-corrected chi connectivity index (χ0v) is 27.1. The smallest absolute Gasteiger partial charge is 0.308 e. The van der Waals surface area contributed by atoms with E-state index in [-0.39, 0.29) is 36.2 Å². The number of carbonyl (C=O) groups is 3. The van der Waals surface area contributed by atoms with Gasteiger partial charge >= 0.3 is 5.97 Å². The molecule has 238 valence electrons. The Balaban J connectivity index is 1.79. The number of amides is 2. The van der Waals surface area contributed by atoms with E-state index in [1.165, 1.54) is 44.9 Å². The fourth-order valence-electron chi connectivity index (χ4n) is 6.32. The van der Waals surface area contributed by atoms with Crippen LogP contribution in [0.15, 0.2) is 0 Å². The lowest BCUT2D eigenvalue weighted by atomic mass is 9.77. The summed E-state index contributed by atoms with van der Waals surface area (Å²) in [6.07, 6.45) is 13.3. The zero-order chi connectivity index (χ0) is 30.6. The Kier molecular flexibility index (Phi) is 14.6. The second-order valence-electron chi connectivity index (χ2n) is 14.1.